The highest BCUT2D eigenvalue weighted by Crippen LogP contribution is 2.27. The van der Waals surface area contributed by atoms with E-state index in [1.165, 1.54) is 0 Å². The zero-order valence-corrected chi connectivity index (χ0v) is 18.5. The van der Waals surface area contributed by atoms with Gasteiger partial charge < -0.3 is 14.3 Å². The van der Waals surface area contributed by atoms with Crippen molar-refractivity contribution in [3.8, 4) is 11.3 Å². The van der Waals surface area contributed by atoms with Crippen LogP contribution in [-0.2, 0) is 6.54 Å². The fraction of sp³-hybridized carbons (Fsp3) is 0.148. The van der Waals surface area contributed by atoms with E-state index >= 15 is 0 Å². The zero-order valence-electron chi connectivity index (χ0n) is 18.5. The summed E-state index contributed by atoms with van der Waals surface area (Å²) >= 11 is 0. The Morgan fingerprint density at radius 2 is 1.73 bits per heavy atom. The fourth-order valence-corrected chi connectivity index (χ4v) is 4.21. The van der Waals surface area contributed by atoms with Crippen molar-refractivity contribution < 1.29 is 9.21 Å². The van der Waals surface area contributed by atoms with Crippen molar-refractivity contribution in [2.45, 2.75) is 20.4 Å². The third-order valence-corrected chi connectivity index (χ3v) is 5.89. The molecule has 2 aromatic heterocycles. The van der Waals surface area contributed by atoms with Crippen molar-refractivity contribution in [2.75, 3.05) is 6.54 Å². The molecule has 0 bridgehead atoms. The first-order chi connectivity index (χ1) is 16.0. The molecule has 2 heterocycles. The van der Waals surface area contributed by atoms with E-state index in [4.69, 9.17) is 4.42 Å². The quantitative estimate of drug-likeness (QED) is 0.426. The summed E-state index contributed by atoms with van der Waals surface area (Å²) in [7, 11) is 0. The lowest BCUT2D eigenvalue weighted by molar-refractivity contribution is 0.0953. The number of rotatable bonds is 5. The van der Waals surface area contributed by atoms with Gasteiger partial charge in [-0.3, -0.25) is 9.59 Å². The van der Waals surface area contributed by atoms with E-state index in [1.54, 1.807) is 25.1 Å². The number of hydrogen-bond acceptors (Lipinski definition) is 4. The molecule has 0 radical (unpaired) electrons. The SMILES string of the molecule is Cc1c(-c2ccccc2)oc2c(C(=O)NCCn3c(C)nc4ccccc43)cccc2c1=O. The van der Waals surface area contributed by atoms with Crippen molar-refractivity contribution >= 4 is 27.9 Å². The third-order valence-electron chi connectivity index (χ3n) is 5.89. The Labute approximate surface area is 190 Å². The molecule has 0 saturated carbocycles. The van der Waals surface area contributed by atoms with E-state index in [-0.39, 0.29) is 11.3 Å². The first kappa shape index (κ1) is 20.7. The number of para-hydroxylation sites is 3. The molecule has 33 heavy (non-hydrogen) atoms. The van der Waals surface area contributed by atoms with Crippen LogP contribution in [0.2, 0.25) is 0 Å². The summed E-state index contributed by atoms with van der Waals surface area (Å²) in [6, 6.07) is 22.5. The average Bonchev–Trinajstić information content (AvgIpc) is 3.16. The highest BCUT2D eigenvalue weighted by Gasteiger charge is 2.18. The molecule has 6 nitrogen and oxygen atoms in total. The van der Waals surface area contributed by atoms with Crippen LogP contribution in [0.1, 0.15) is 21.7 Å². The molecule has 0 aliphatic carbocycles. The summed E-state index contributed by atoms with van der Waals surface area (Å²) < 4.78 is 8.24. The van der Waals surface area contributed by atoms with E-state index in [0.717, 1.165) is 22.4 Å². The Hall–Kier alpha value is -4.19. The molecule has 0 spiro atoms. The number of aromatic nitrogens is 2. The van der Waals surface area contributed by atoms with Gasteiger partial charge in [0.15, 0.2) is 11.0 Å². The van der Waals surface area contributed by atoms with Crippen LogP contribution in [0.4, 0.5) is 0 Å². The van der Waals surface area contributed by atoms with Crippen LogP contribution < -0.4 is 10.7 Å². The third kappa shape index (κ3) is 3.69. The molecule has 1 N–H and O–H groups in total. The Morgan fingerprint density at radius 1 is 0.970 bits per heavy atom. The molecule has 0 aliphatic heterocycles. The van der Waals surface area contributed by atoms with Gasteiger partial charge in [0.1, 0.15) is 11.6 Å². The largest absolute Gasteiger partial charge is 0.455 e. The summed E-state index contributed by atoms with van der Waals surface area (Å²) in [4.78, 5) is 30.7. The van der Waals surface area contributed by atoms with Gasteiger partial charge in [0.05, 0.1) is 22.0 Å². The predicted molar refractivity (Wildman–Crippen MR) is 129 cm³/mol. The van der Waals surface area contributed by atoms with Gasteiger partial charge in [-0.15, -0.1) is 0 Å². The number of aryl methyl sites for hydroxylation is 1. The minimum Gasteiger partial charge on any atom is -0.455 e. The second-order valence-electron chi connectivity index (χ2n) is 7.99. The minimum atomic E-state index is -0.284. The fourth-order valence-electron chi connectivity index (χ4n) is 4.21. The lowest BCUT2D eigenvalue weighted by Crippen LogP contribution is -2.28. The molecule has 5 aromatic rings. The lowest BCUT2D eigenvalue weighted by atomic mass is 10.0. The molecular weight excluding hydrogens is 414 g/mol. The summed E-state index contributed by atoms with van der Waals surface area (Å²) in [5, 5.41) is 3.36. The summed E-state index contributed by atoms with van der Waals surface area (Å²) in [6.07, 6.45) is 0. The van der Waals surface area contributed by atoms with Gasteiger partial charge in [0, 0.05) is 24.2 Å². The van der Waals surface area contributed by atoms with Gasteiger partial charge in [0.25, 0.3) is 5.91 Å². The molecule has 5 rings (SSSR count). The van der Waals surface area contributed by atoms with Crippen molar-refractivity contribution in [3.05, 3.63) is 100.0 Å². The number of benzene rings is 3. The number of fused-ring (bicyclic) bond motifs is 2. The maximum absolute atomic E-state index is 13.1. The number of carbonyl (C=O) groups excluding carboxylic acids is 1. The van der Waals surface area contributed by atoms with Gasteiger partial charge in [-0.1, -0.05) is 48.5 Å². The van der Waals surface area contributed by atoms with Crippen molar-refractivity contribution in [1.29, 1.82) is 0 Å². The van der Waals surface area contributed by atoms with Crippen LogP contribution in [-0.4, -0.2) is 22.0 Å². The van der Waals surface area contributed by atoms with Crippen LogP contribution in [0.5, 0.6) is 0 Å². The first-order valence-electron chi connectivity index (χ1n) is 10.9. The lowest BCUT2D eigenvalue weighted by Gasteiger charge is -2.12. The molecule has 0 saturated heterocycles. The topological polar surface area (TPSA) is 77.1 Å². The van der Waals surface area contributed by atoms with E-state index in [0.29, 0.717) is 40.9 Å². The maximum atomic E-state index is 13.1. The van der Waals surface area contributed by atoms with Gasteiger partial charge in [0.2, 0.25) is 0 Å². The normalized spacial score (nSPS) is 11.2. The predicted octanol–water partition coefficient (Wildman–Crippen LogP) is 4.86. The van der Waals surface area contributed by atoms with Gasteiger partial charge in [-0.25, -0.2) is 4.98 Å². The number of nitrogens with zero attached hydrogens (tertiary/aromatic N) is 2. The second-order valence-corrected chi connectivity index (χ2v) is 7.99. The molecule has 1 amide bonds. The molecule has 0 atom stereocenters. The number of hydrogen-bond donors (Lipinski definition) is 1. The van der Waals surface area contributed by atoms with Crippen molar-refractivity contribution in [1.82, 2.24) is 14.9 Å². The summed E-state index contributed by atoms with van der Waals surface area (Å²) in [6.45, 7) is 4.70. The molecule has 3 aromatic carbocycles. The molecule has 6 heteroatoms. The average molecular weight is 437 g/mol. The van der Waals surface area contributed by atoms with E-state index in [2.05, 4.69) is 14.9 Å². The van der Waals surface area contributed by atoms with Crippen LogP contribution in [0, 0.1) is 13.8 Å². The Morgan fingerprint density at radius 3 is 2.55 bits per heavy atom. The number of imidazole rings is 1. The maximum Gasteiger partial charge on any atom is 0.255 e. The van der Waals surface area contributed by atoms with Crippen molar-refractivity contribution in [2.24, 2.45) is 0 Å². The Bertz CT molecular complexity index is 1550. The molecule has 0 unspecified atom stereocenters. The number of carbonyl (C=O) groups is 1. The highest BCUT2D eigenvalue weighted by molar-refractivity contribution is 6.05. The van der Waals surface area contributed by atoms with Gasteiger partial charge in [-0.2, -0.15) is 0 Å². The van der Waals surface area contributed by atoms with E-state index in [9.17, 15) is 9.59 Å². The van der Waals surface area contributed by atoms with E-state index < -0.39 is 0 Å². The Kier molecular flexibility index (Phi) is 5.26. The molecule has 0 aliphatic rings. The van der Waals surface area contributed by atoms with Crippen LogP contribution in [0.15, 0.2) is 82.0 Å². The summed E-state index contributed by atoms with van der Waals surface area (Å²) in [5.41, 5.74) is 3.79. The standard InChI is InChI=1S/C27H23N3O3/c1-17-24(31)20-11-8-12-21(26(20)33-25(17)19-9-4-3-5-10-19)27(32)28-15-16-30-18(2)29-22-13-6-7-14-23(22)30/h3-14H,15-16H2,1-2H3,(H,28,32). The molecule has 164 valence electrons. The van der Waals surface area contributed by atoms with Crippen molar-refractivity contribution in [3.63, 3.8) is 0 Å². The van der Waals surface area contributed by atoms with Crippen LogP contribution in [0.25, 0.3) is 33.3 Å². The summed E-state index contributed by atoms with van der Waals surface area (Å²) in [5.74, 6) is 1.09. The van der Waals surface area contributed by atoms with Crippen LogP contribution >= 0.6 is 0 Å². The number of amides is 1. The molecule has 0 fully saturated rings. The first-order valence-corrected chi connectivity index (χ1v) is 10.9. The smallest absolute Gasteiger partial charge is 0.255 e. The highest BCUT2D eigenvalue weighted by atomic mass is 16.3. The van der Waals surface area contributed by atoms with E-state index in [1.807, 2.05) is 61.5 Å². The van der Waals surface area contributed by atoms with Gasteiger partial charge >= 0.3 is 0 Å². The Balaban J connectivity index is 1.45. The second kappa shape index (κ2) is 8.39. The molecular formula is C27H23N3O3. The van der Waals surface area contributed by atoms with Gasteiger partial charge in [-0.05, 0) is 38.1 Å². The zero-order chi connectivity index (χ0) is 22.9. The monoisotopic (exact) mass is 437 g/mol. The minimum absolute atomic E-state index is 0.134. The van der Waals surface area contributed by atoms with Crippen LogP contribution in [0.3, 0.4) is 0 Å². The number of nitrogens with one attached hydrogen (secondary N) is 1.